The lowest BCUT2D eigenvalue weighted by atomic mass is 9.90. The van der Waals surface area contributed by atoms with Gasteiger partial charge >= 0.3 is 0 Å². The second-order valence-electron chi connectivity index (χ2n) is 10.1. The zero-order valence-corrected chi connectivity index (χ0v) is 25.1. The van der Waals surface area contributed by atoms with Crippen molar-refractivity contribution < 1.29 is 19.4 Å². The number of aliphatic hydroxyl groups excluding tert-OH is 2. The van der Waals surface area contributed by atoms with Crippen LogP contribution in [0.5, 0.6) is 5.75 Å². The van der Waals surface area contributed by atoms with Gasteiger partial charge in [0.1, 0.15) is 12.4 Å². The summed E-state index contributed by atoms with van der Waals surface area (Å²) in [6.07, 6.45) is 7.57. The molecule has 0 aliphatic carbocycles. The lowest BCUT2D eigenvalue weighted by Crippen LogP contribution is -2.46. The number of benzene rings is 2. The lowest BCUT2D eigenvalue weighted by molar-refractivity contribution is 0.0397. The van der Waals surface area contributed by atoms with E-state index in [1.807, 2.05) is 24.3 Å². The van der Waals surface area contributed by atoms with Crippen LogP contribution in [0.2, 0.25) is 18.1 Å². The Labute approximate surface area is 226 Å². The number of hydrogen-bond donors (Lipinski definition) is 2. The first-order valence-electron chi connectivity index (χ1n) is 14.3. The molecule has 0 fully saturated rings. The van der Waals surface area contributed by atoms with E-state index < -0.39 is 8.32 Å². The molecule has 4 nitrogen and oxygen atoms in total. The second-order valence-corrected chi connectivity index (χ2v) is 14.8. The molecular weight excluding hydrogens is 476 g/mol. The molecule has 0 aromatic heterocycles. The highest BCUT2D eigenvalue weighted by Gasteiger charge is 2.38. The van der Waals surface area contributed by atoms with Gasteiger partial charge in [0.25, 0.3) is 0 Å². The Balaban J connectivity index is 2.12. The molecule has 0 bridgehead atoms. The van der Waals surface area contributed by atoms with Crippen molar-refractivity contribution in [1.82, 2.24) is 0 Å². The summed E-state index contributed by atoms with van der Waals surface area (Å²) in [5.41, 5.74) is 4.98. The van der Waals surface area contributed by atoms with Gasteiger partial charge in [-0.25, -0.2) is 0 Å². The van der Waals surface area contributed by atoms with E-state index in [0.29, 0.717) is 6.61 Å². The minimum atomic E-state index is -1.66. The molecule has 0 saturated heterocycles. The number of aliphatic hydroxyl groups is 2. The van der Waals surface area contributed by atoms with Crippen molar-refractivity contribution in [3.05, 3.63) is 70.8 Å². The van der Waals surface area contributed by atoms with Crippen molar-refractivity contribution in [3.8, 4) is 5.75 Å². The first-order valence-corrected chi connectivity index (χ1v) is 16.8. The van der Waals surface area contributed by atoms with Crippen LogP contribution in [-0.4, -0.2) is 24.1 Å². The van der Waals surface area contributed by atoms with E-state index in [-0.39, 0.29) is 18.8 Å². The molecule has 0 aliphatic heterocycles. The smallest absolute Gasteiger partial charge is 0.192 e. The van der Waals surface area contributed by atoms with Crippen LogP contribution in [0.25, 0.3) is 5.57 Å². The zero-order chi connectivity index (χ0) is 27.3. The highest BCUT2D eigenvalue weighted by atomic mass is 28.4. The molecule has 37 heavy (non-hydrogen) atoms. The third-order valence-electron chi connectivity index (χ3n) is 8.25. The molecule has 0 heterocycles. The van der Waals surface area contributed by atoms with Crippen LogP contribution in [0.15, 0.2) is 48.5 Å². The number of hydrogen-bond acceptors (Lipinski definition) is 4. The average Bonchev–Trinajstić information content (AvgIpc) is 2.96. The molecule has 0 atom stereocenters. The predicted molar refractivity (Wildman–Crippen MR) is 158 cm³/mol. The summed E-state index contributed by atoms with van der Waals surface area (Å²) in [4.78, 5) is 0. The van der Waals surface area contributed by atoms with Crippen molar-refractivity contribution in [3.63, 3.8) is 0 Å². The van der Waals surface area contributed by atoms with Crippen LogP contribution in [0.3, 0.4) is 0 Å². The molecule has 206 valence electrons. The molecule has 0 unspecified atom stereocenters. The summed E-state index contributed by atoms with van der Waals surface area (Å²) >= 11 is 0. The van der Waals surface area contributed by atoms with Crippen LogP contribution < -0.4 is 4.74 Å². The highest BCUT2D eigenvalue weighted by Crippen LogP contribution is 2.36. The molecular formula is C32H50O4Si. The van der Waals surface area contributed by atoms with Gasteiger partial charge < -0.3 is 19.4 Å². The van der Waals surface area contributed by atoms with Crippen molar-refractivity contribution in [2.24, 2.45) is 0 Å². The van der Waals surface area contributed by atoms with Gasteiger partial charge in [-0.2, -0.15) is 0 Å². The van der Waals surface area contributed by atoms with Crippen molar-refractivity contribution >= 4 is 13.9 Å². The zero-order valence-electron chi connectivity index (χ0n) is 24.1. The molecule has 0 amide bonds. The maximum Gasteiger partial charge on any atom is 0.192 e. The van der Waals surface area contributed by atoms with E-state index in [0.717, 1.165) is 54.5 Å². The molecule has 2 N–H and O–H groups in total. The summed E-state index contributed by atoms with van der Waals surface area (Å²) in [6.45, 7) is 14.0. The SMILES string of the molecule is CC/C(=C\CCC(CC)(CC)O[Si](CC)(CC)CC)c1cccc(OCc2ccc(CO)c(CO)c2)c1. The Morgan fingerprint density at radius 3 is 2.11 bits per heavy atom. The van der Waals surface area contributed by atoms with E-state index in [2.05, 4.69) is 65.8 Å². The normalized spacial score (nSPS) is 12.7. The minimum Gasteiger partial charge on any atom is -0.489 e. The van der Waals surface area contributed by atoms with Crippen LogP contribution in [0.4, 0.5) is 0 Å². The van der Waals surface area contributed by atoms with Crippen LogP contribution >= 0.6 is 0 Å². The molecule has 2 aromatic rings. The van der Waals surface area contributed by atoms with Crippen LogP contribution in [0, 0.1) is 0 Å². The monoisotopic (exact) mass is 526 g/mol. The molecule has 0 saturated carbocycles. The third-order valence-corrected chi connectivity index (χ3v) is 13.0. The van der Waals surface area contributed by atoms with E-state index in [1.165, 1.54) is 29.3 Å². The maximum atomic E-state index is 9.57. The Kier molecular flexibility index (Phi) is 13.1. The molecule has 0 radical (unpaired) electrons. The minimum absolute atomic E-state index is 0.0203. The van der Waals surface area contributed by atoms with E-state index in [9.17, 15) is 10.2 Å². The van der Waals surface area contributed by atoms with Gasteiger partial charge in [-0.15, -0.1) is 0 Å². The lowest BCUT2D eigenvalue weighted by Gasteiger charge is -2.42. The summed E-state index contributed by atoms with van der Waals surface area (Å²) in [5.74, 6) is 0.832. The van der Waals surface area contributed by atoms with Gasteiger partial charge in [0, 0.05) is 0 Å². The molecule has 2 aromatic carbocycles. The van der Waals surface area contributed by atoms with Crippen molar-refractivity contribution in [2.75, 3.05) is 0 Å². The second kappa shape index (κ2) is 15.5. The Morgan fingerprint density at radius 1 is 0.865 bits per heavy atom. The van der Waals surface area contributed by atoms with Gasteiger partial charge in [-0.1, -0.05) is 71.9 Å². The summed E-state index contributed by atoms with van der Waals surface area (Å²) < 4.78 is 13.2. The fraction of sp³-hybridized carbons (Fsp3) is 0.562. The quantitative estimate of drug-likeness (QED) is 0.203. The van der Waals surface area contributed by atoms with Crippen LogP contribution in [0.1, 0.15) is 95.9 Å². The molecule has 0 aliphatic rings. The fourth-order valence-corrected chi connectivity index (χ4v) is 8.47. The highest BCUT2D eigenvalue weighted by molar-refractivity contribution is 6.73. The molecule has 0 spiro atoms. The maximum absolute atomic E-state index is 9.57. The van der Waals surface area contributed by atoms with Crippen molar-refractivity contribution in [1.29, 1.82) is 0 Å². The van der Waals surface area contributed by atoms with Crippen LogP contribution in [-0.2, 0) is 24.2 Å². The fourth-order valence-electron chi connectivity index (χ4n) is 5.22. The van der Waals surface area contributed by atoms with E-state index >= 15 is 0 Å². The van der Waals surface area contributed by atoms with Gasteiger partial charge in [-0.3, -0.25) is 0 Å². The number of rotatable bonds is 17. The van der Waals surface area contributed by atoms with Gasteiger partial charge in [0.2, 0.25) is 0 Å². The molecule has 2 rings (SSSR count). The standard InChI is InChI=1S/C32H50O4Si/c1-7-27(16-14-20-32(8-2,9-3)36-37(10-4,11-5)12-6)28-15-13-17-31(22-28)35-25-26-18-19-29(23-33)30(21-26)24-34/h13,15-19,21-22,33-34H,7-12,14,20,23-25H2,1-6H3/b27-16+. The molecule has 5 heteroatoms. The average molecular weight is 527 g/mol. The Hall–Kier alpha value is -1.92. The summed E-state index contributed by atoms with van der Waals surface area (Å²) in [6, 6.07) is 17.6. The first-order chi connectivity index (χ1) is 17.9. The summed E-state index contributed by atoms with van der Waals surface area (Å²) in [7, 11) is -1.66. The first kappa shape index (κ1) is 31.3. The number of allylic oxidation sites excluding steroid dienone is 2. The number of ether oxygens (including phenoxy) is 1. The van der Waals surface area contributed by atoms with Gasteiger partial charge in [0.15, 0.2) is 8.32 Å². The summed E-state index contributed by atoms with van der Waals surface area (Å²) in [5, 5.41) is 19.0. The largest absolute Gasteiger partial charge is 0.489 e. The van der Waals surface area contributed by atoms with E-state index in [1.54, 1.807) is 0 Å². The van der Waals surface area contributed by atoms with Gasteiger partial charge in [0.05, 0.1) is 18.8 Å². The van der Waals surface area contributed by atoms with Gasteiger partial charge in [-0.05, 0) is 96.3 Å². The Morgan fingerprint density at radius 2 is 1.54 bits per heavy atom. The van der Waals surface area contributed by atoms with E-state index in [4.69, 9.17) is 9.16 Å². The predicted octanol–water partition coefficient (Wildman–Crippen LogP) is 8.40. The topological polar surface area (TPSA) is 58.9 Å². The Bertz CT molecular complexity index is 968. The third kappa shape index (κ3) is 8.54. The van der Waals surface area contributed by atoms with Crippen molar-refractivity contribution in [2.45, 2.75) is 117 Å².